The van der Waals surface area contributed by atoms with Crippen LogP contribution in [0, 0.1) is 0 Å². The van der Waals surface area contributed by atoms with Crippen molar-refractivity contribution in [1.82, 2.24) is 4.90 Å². The number of nitrogens with zero attached hydrogens (tertiary/aromatic N) is 1. The number of rotatable bonds is 4. The van der Waals surface area contributed by atoms with Gasteiger partial charge >= 0.3 is 0 Å². The third kappa shape index (κ3) is 1.74. The molecule has 0 atom stereocenters. The molecule has 0 radical (unpaired) electrons. The summed E-state index contributed by atoms with van der Waals surface area (Å²) in [6, 6.07) is 5.75. The van der Waals surface area contributed by atoms with Crippen LogP contribution < -0.4 is 0 Å². The molecule has 1 aliphatic rings. The molecule has 0 saturated carbocycles. The van der Waals surface area contributed by atoms with E-state index in [1.807, 2.05) is 18.2 Å². The van der Waals surface area contributed by atoms with E-state index in [0.717, 1.165) is 16.7 Å². The van der Waals surface area contributed by atoms with Crippen molar-refractivity contribution in [2.24, 2.45) is 0 Å². The molecule has 0 N–H and O–H groups in total. The molecule has 0 bridgehead atoms. The third-order valence-corrected chi connectivity index (χ3v) is 2.86. The predicted molar refractivity (Wildman–Crippen MR) is 63.1 cm³/mol. The number of carbonyl (C=O) groups excluding carboxylic acids is 1. The average molecular weight is 217 g/mol. The van der Waals surface area contributed by atoms with Gasteiger partial charge in [0.25, 0.3) is 5.91 Å². The Kier molecular flexibility index (Phi) is 3.06. The van der Waals surface area contributed by atoms with Crippen LogP contribution in [0.3, 0.4) is 0 Å². The van der Waals surface area contributed by atoms with Crippen LogP contribution >= 0.6 is 0 Å². The van der Waals surface area contributed by atoms with Crippen LogP contribution in [0.4, 0.5) is 0 Å². The highest BCUT2D eigenvalue weighted by Gasteiger charge is 2.27. The van der Waals surface area contributed by atoms with Crippen LogP contribution in [-0.4, -0.2) is 31.1 Å². The summed E-state index contributed by atoms with van der Waals surface area (Å²) in [6.45, 7) is 5.64. The number of ether oxygens (including phenoxy) is 1. The largest absolute Gasteiger partial charge is 0.383 e. The van der Waals surface area contributed by atoms with Gasteiger partial charge in [-0.25, -0.2) is 0 Å². The monoisotopic (exact) mass is 217 g/mol. The Morgan fingerprint density at radius 2 is 2.38 bits per heavy atom. The van der Waals surface area contributed by atoms with Gasteiger partial charge in [0.05, 0.1) is 6.61 Å². The fourth-order valence-corrected chi connectivity index (χ4v) is 1.99. The summed E-state index contributed by atoms with van der Waals surface area (Å²) < 4.78 is 4.99. The summed E-state index contributed by atoms with van der Waals surface area (Å²) in [5.74, 6) is 0.0933. The van der Waals surface area contributed by atoms with Crippen molar-refractivity contribution in [3.63, 3.8) is 0 Å². The van der Waals surface area contributed by atoms with Crippen molar-refractivity contribution in [2.75, 3.05) is 20.3 Å². The van der Waals surface area contributed by atoms with E-state index >= 15 is 0 Å². The lowest BCUT2D eigenvalue weighted by Gasteiger charge is -2.14. The van der Waals surface area contributed by atoms with Gasteiger partial charge in [0.1, 0.15) is 0 Å². The Morgan fingerprint density at radius 3 is 3.06 bits per heavy atom. The molecule has 1 heterocycles. The van der Waals surface area contributed by atoms with Crippen molar-refractivity contribution in [1.29, 1.82) is 0 Å². The molecule has 1 amide bonds. The molecular formula is C13H15NO2. The molecular weight excluding hydrogens is 202 g/mol. The number of hydrogen-bond donors (Lipinski definition) is 0. The second kappa shape index (κ2) is 4.49. The van der Waals surface area contributed by atoms with Crippen LogP contribution in [0.15, 0.2) is 24.8 Å². The second-order valence-electron chi connectivity index (χ2n) is 3.80. The predicted octanol–water partition coefficient (Wildman–Crippen LogP) is 1.93. The number of fused-ring (bicyclic) bond motifs is 1. The summed E-state index contributed by atoms with van der Waals surface area (Å²) in [4.78, 5) is 13.8. The first kappa shape index (κ1) is 10.9. The Hall–Kier alpha value is -1.61. The number of hydrogen-bond acceptors (Lipinski definition) is 2. The van der Waals surface area contributed by atoms with Gasteiger partial charge in [-0.2, -0.15) is 0 Å². The van der Waals surface area contributed by atoms with Crippen LogP contribution in [-0.2, 0) is 11.3 Å². The van der Waals surface area contributed by atoms with E-state index < -0.39 is 0 Å². The molecule has 0 saturated heterocycles. The zero-order valence-corrected chi connectivity index (χ0v) is 9.40. The van der Waals surface area contributed by atoms with Gasteiger partial charge in [0, 0.05) is 25.8 Å². The fourth-order valence-electron chi connectivity index (χ4n) is 1.99. The molecule has 1 aliphatic heterocycles. The Labute approximate surface area is 95.3 Å². The van der Waals surface area contributed by atoms with Gasteiger partial charge in [-0.1, -0.05) is 24.8 Å². The number of methoxy groups -OCH3 is 1. The van der Waals surface area contributed by atoms with E-state index in [-0.39, 0.29) is 5.91 Å². The topological polar surface area (TPSA) is 29.5 Å². The minimum atomic E-state index is 0.0933. The Bertz CT molecular complexity index is 426. The maximum atomic E-state index is 12.0. The van der Waals surface area contributed by atoms with Gasteiger partial charge in [-0.15, -0.1) is 0 Å². The van der Waals surface area contributed by atoms with Crippen LogP contribution in [0.1, 0.15) is 21.5 Å². The molecule has 3 heteroatoms. The molecule has 3 nitrogen and oxygen atoms in total. The first-order valence-electron chi connectivity index (χ1n) is 5.30. The molecule has 0 unspecified atom stereocenters. The van der Waals surface area contributed by atoms with Crippen LogP contribution in [0.5, 0.6) is 0 Å². The molecule has 0 aliphatic carbocycles. The molecule has 2 rings (SSSR count). The Morgan fingerprint density at radius 1 is 1.56 bits per heavy atom. The van der Waals surface area contributed by atoms with E-state index in [9.17, 15) is 4.79 Å². The molecule has 84 valence electrons. The molecule has 1 aromatic carbocycles. The minimum Gasteiger partial charge on any atom is -0.383 e. The minimum absolute atomic E-state index is 0.0933. The highest BCUT2D eigenvalue weighted by Crippen LogP contribution is 2.26. The summed E-state index contributed by atoms with van der Waals surface area (Å²) >= 11 is 0. The maximum Gasteiger partial charge on any atom is 0.254 e. The Balaban J connectivity index is 2.27. The summed E-state index contributed by atoms with van der Waals surface area (Å²) in [5.41, 5.74) is 2.93. The van der Waals surface area contributed by atoms with E-state index in [1.165, 1.54) is 0 Å². The quantitative estimate of drug-likeness (QED) is 0.771. The smallest absolute Gasteiger partial charge is 0.254 e. The molecule has 0 fully saturated rings. The lowest BCUT2D eigenvalue weighted by Crippen LogP contribution is -2.27. The van der Waals surface area contributed by atoms with Gasteiger partial charge < -0.3 is 9.64 Å². The van der Waals surface area contributed by atoms with Gasteiger partial charge in [-0.05, 0) is 17.2 Å². The first-order chi connectivity index (χ1) is 7.77. The van der Waals surface area contributed by atoms with E-state index in [0.29, 0.717) is 19.7 Å². The fraction of sp³-hybridized carbons (Fsp3) is 0.308. The zero-order valence-electron chi connectivity index (χ0n) is 9.40. The van der Waals surface area contributed by atoms with Crippen molar-refractivity contribution < 1.29 is 9.53 Å². The molecule has 16 heavy (non-hydrogen) atoms. The standard InChI is InChI=1S/C13H15NO2/c1-3-10-5-4-6-11-12(10)9-14(13(11)15)7-8-16-2/h3-6H,1,7-9H2,2H3. The first-order valence-corrected chi connectivity index (χ1v) is 5.30. The van der Waals surface area contributed by atoms with Crippen LogP contribution in [0.25, 0.3) is 6.08 Å². The van der Waals surface area contributed by atoms with Gasteiger partial charge in [0.2, 0.25) is 0 Å². The molecule has 0 aromatic heterocycles. The van der Waals surface area contributed by atoms with Crippen molar-refractivity contribution in [2.45, 2.75) is 6.54 Å². The van der Waals surface area contributed by atoms with Crippen molar-refractivity contribution in [3.8, 4) is 0 Å². The lowest BCUT2D eigenvalue weighted by atomic mass is 10.0. The highest BCUT2D eigenvalue weighted by molar-refractivity contribution is 5.99. The van der Waals surface area contributed by atoms with Crippen molar-refractivity contribution >= 4 is 12.0 Å². The maximum absolute atomic E-state index is 12.0. The number of amides is 1. The second-order valence-corrected chi connectivity index (χ2v) is 3.80. The van der Waals surface area contributed by atoms with Gasteiger partial charge in [0.15, 0.2) is 0 Å². The normalized spacial score (nSPS) is 14.1. The SMILES string of the molecule is C=Cc1cccc2c1CN(CCOC)C2=O. The summed E-state index contributed by atoms with van der Waals surface area (Å²) in [5, 5.41) is 0. The zero-order chi connectivity index (χ0) is 11.5. The number of benzene rings is 1. The number of carbonyl (C=O) groups is 1. The van der Waals surface area contributed by atoms with Gasteiger partial charge in [-0.3, -0.25) is 4.79 Å². The van der Waals surface area contributed by atoms with Crippen molar-refractivity contribution in [3.05, 3.63) is 41.5 Å². The van der Waals surface area contributed by atoms with E-state index in [2.05, 4.69) is 6.58 Å². The van der Waals surface area contributed by atoms with Crippen LogP contribution in [0.2, 0.25) is 0 Å². The van der Waals surface area contributed by atoms with E-state index in [1.54, 1.807) is 18.1 Å². The molecule has 0 spiro atoms. The average Bonchev–Trinajstić information content (AvgIpc) is 2.64. The third-order valence-electron chi connectivity index (χ3n) is 2.86. The summed E-state index contributed by atoms with van der Waals surface area (Å²) in [7, 11) is 1.64. The van der Waals surface area contributed by atoms with E-state index in [4.69, 9.17) is 4.74 Å². The highest BCUT2D eigenvalue weighted by atomic mass is 16.5. The lowest BCUT2D eigenvalue weighted by molar-refractivity contribution is 0.0719. The summed E-state index contributed by atoms with van der Waals surface area (Å²) in [6.07, 6.45) is 1.80. The molecule has 1 aromatic rings.